The molecule has 2 aromatic rings. The summed E-state index contributed by atoms with van der Waals surface area (Å²) in [5.41, 5.74) is 1.12. The molecule has 0 atom stereocenters. The lowest BCUT2D eigenvalue weighted by molar-refractivity contribution is 0.303. The minimum Gasteiger partial charge on any atom is -0.493 e. The predicted molar refractivity (Wildman–Crippen MR) is 89.3 cm³/mol. The maximum atomic E-state index is 14.4. The summed E-state index contributed by atoms with van der Waals surface area (Å²) < 4.78 is 60.8. The Bertz CT molecular complexity index is 804. The lowest BCUT2D eigenvalue weighted by atomic mass is 10.0. The van der Waals surface area contributed by atoms with Crippen molar-refractivity contribution in [1.82, 2.24) is 0 Å². The average molecular weight is 350 g/mol. The van der Waals surface area contributed by atoms with Crippen LogP contribution in [0.4, 0.5) is 17.6 Å². The lowest BCUT2D eigenvalue weighted by Gasteiger charge is -2.10. The summed E-state index contributed by atoms with van der Waals surface area (Å²) in [5.74, 6) is -3.29. The van der Waals surface area contributed by atoms with E-state index in [1.165, 1.54) is 6.08 Å². The SMILES string of the molecule is CCCCCOc1cc(F)c(C2=Cc3cc(F)c(F)cc3C2)c(F)c1. The lowest BCUT2D eigenvalue weighted by Crippen LogP contribution is -2.01. The van der Waals surface area contributed by atoms with Crippen molar-refractivity contribution in [2.75, 3.05) is 6.61 Å². The summed E-state index contributed by atoms with van der Waals surface area (Å²) >= 11 is 0. The van der Waals surface area contributed by atoms with Crippen LogP contribution in [0.25, 0.3) is 11.6 Å². The molecule has 0 radical (unpaired) electrons. The Morgan fingerprint density at radius 2 is 1.56 bits per heavy atom. The summed E-state index contributed by atoms with van der Waals surface area (Å²) in [6, 6.07) is 4.40. The molecule has 0 bridgehead atoms. The quantitative estimate of drug-likeness (QED) is 0.465. The van der Waals surface area contributed by atoms with Crippen molar-refractivity contribution in [2.45, 2.75) is 32.6 Å². The molecule has 0 aromatic heterocycles. The molecule has 0 saturated heterocycles. The third kappa shape index (κ3) is 3.70. The first-order valence-electron chi connectivity index (χ1n) is 8.30. The second-order valence-corrected chi connectivity index (χ2v) is 6.13. The van der Waals surface area contributed by atoms with Crippen LogP contribution in [-0.2, 0) is 6.42 Å². The van der Waals surface area contributed by atoms with Crippen LogP contribution in [0.5, 0.6) is 5.75 Å². The highest BCUT2D eigenvalue weighted by Crippen LogP contribution is 2.36. The first-order chi connectivity index (χ1) is 12.0. The van der Waals surface area contributed by atoms with Crippen molar-refractivity contribution in [2.24, 2.45) is 0 Å². The first-order valence-corrected chi connectivity index (χ1v) is 8.30. The minimum atomic E-state index is -0.979. The van der Waals surface area contributed by atoms with Gasteiger partial charge >= 0.3 is 0 Å². The maximum Gasteiger partial charge on any atom is 0.159 e. The first kappa shape index (κ1) is 17.5. The van der Waals surface area contributed by atoms with Crippen LogP contribution < -0.4 is 4.74 Å². The molecule has 3 rings (SSSR count). The number of hydrogen-bond donors (Lipinski definition) is 0. The van der Waals surface area contributed by atoms with Crippen molar-refractivity contribution in [1.29, 1.82) is 0 Å². The Labute approximate surface area is 143 Å². The van der Waals surface area contributed by atoms with Crippen molar-refractivity contribution >= 4 is 11.6 Å². The molecule has 1 aliphatic rings. The van der Waals surface area contributed by atoms with Crippen LogP contribution in [0.2, 0.25) is 0 Å². The minimum absolute atomic E-state index is 0.142. The van der Waals surface area contributed by atoms with Crippen molar-refractivity contribution in [3.05, 3.63) is 64.2 Å². The van der Waals surface area contributed by atoms with Gasteiger partial charge in [-0.15, -0.1) is 0 Å². The van der Waals surface area contributed by atoms with E-state index in [1.807, 2.05) is 0 Å². The molecule has 0 amide bonds. The van der Waals surface area contributed by atoms with E-state index in [4.69, 9.17) is 4.74 Å². The molecule has 0 heterocycles. The second-order valence-electron chi connectivity index (χ2n) is 6.13. The Kier molecular flexibility index (Phi) is 5.11. The van der Waals surface area contributed by atoms with Gasteiger partial charge in [0, 0.05) is 17.7 Å². The molecule has 0 aliphatic heterocycles. The average Bonchev–Trinajstić information content (AvgIpc) is 2.93. The number of unbranched alkanes of at least 4 members (excludes halogenated alkanes) is 2. The molecular formula is C20H18F4O. The fourth-order valence-corrected chi connectivity index (χ4v) is 2.98. The Hall–Kier alpha value is -2.30. The fourth-order valence-electron chi connectivity index (χ4n) is 2.98. The number of halogens is 4. The van der Waals surface area contributed by atoms with Crippen LogP contribution in [0.3, 0.4) is 0 Å². The highest BCUT2D eigenvalue weighted by atomic mass is 19.2. The van der Waals surface area contributed by atoms with Crippen LogP contribution in [0.1, 0.15) is 42.9 Å². The Morgan fingerprint density at radius 1 is 0.880 bits per heavy atom. The van der Waals surface area contributed by atoms with Gasteiger partial charge in [0.05, 0.1) is 6.61 Å². The van der Waals surface area contributed by atoms with E-state index in [2.05, 4.69) is 6.92 Å². The van der Waals surface area contributed by atoms with E-state index in [-0.39, 0.29) is 17.7 Å². The summed E-state index contributed by atoms with van der Waals surface area (Å²) in [5, 5.41) is 0. The van der Waals surface area contributed by atoms with Gasteiger partial charge in [-0.3, -0.25) is 0 Å². The molecule has 0 N–H and O–H groups in total. The molecule has 132 valence electrons. The third-order valence-corrected chi connectivity index (χ3v) is 4.25. The summed E-state index contributed by atoms with van der Waals surface area (Å²) in [6.45, 7) is 2.46. The smallest absolute Gasteiger partial charge is 0.159 e. The van der Waals surface area contributed by atoms with Crippen LogP contribution >= 0.6 is 0 Å². The van der Waals surface area contributed by atoms with Gasteiger partial charge in [0.2, 0.25) is 0 Å². The molecule has 2 aromatic carbocycles. The fraction of sp³-hybridized carbons (Fsp3) is 0.300. The van der Waals surface area contributed by atoms with Gasteiger partial charge < -0.3 is 4.74 Å². The van der Waals surface area contributed by atoms with Gasteiger partial charge in [-0.2, -0.15) is 0 Å². The van der Waals surface area contributed by atoms with E-state index in [1.54, 1.807) is 0 Å². The van der Waals surface area contributed by atoms with E-state index < -0.39 is 23.3 Å². The van der Waals surface area contributed by atoms with Crippen molar-refractivity contribution in [3.8, 4) is 5.75 Å². The molecule has 0 unspecified atom stereocenters. The predicted octanol–water partition coefficient (Wildman–Crippen LogP) is 5.91. The number of rotatable bonds is 6. The van der Waals surface area contributed by atoms with Crippen LogP contribution in [0.15, 0.2) is 24.3 Å². The molecule has 0 saturated carbocycles. The van der Waals surface area contributed by atoms with E-state index in [9.17, 15) is 17.6 Å². The maximum absolute atomic E-state index is 14.4. The zero-order valence-corrected chi connectivity index (χ0v) is 13.8. The topological polar surface area (TPSA) is 9.23 Å². The Morgan fingerprint density at radius 3 is 2.24 bits per heavy atom. The monoisotopic (exact) mass is 350 g/mol. The van der Waals surface area contributed by atoms with Gasteiger partial charge in [0.25, 0.3) is 0 Å². The Balaban J connectivity index is 1.83. The zero-order chi connectivity index (χ0) is 18.0. The number of benzene rings is 2. The zero-order valence-electron chi connectivity index (χ0n) is 13.8. The van der Waals surface area contributed by atoms with Gasteiger partial charge in [-0.1, -0.05) is 25.8 Å². The third-order valence-electron chi connectivity index (χ3n) is 4.25. The normalized spacial score (nSPS) is 12.9. The highest BCUT2D eigenvalue weighted by Gasteiger charge is 2.22. The van der Waals surface area contributed by atoms with Gasteiger partial charge in [-0.05, 0) is 41.7 Å². The summed E-state index contributed by atoms with van der Waals surface area (Å²) in [4.78, 5) is 0. The van der Waals surface area contributed by atoms with E-state index in [0.717, 1.165) is 43.5 Å². The standard InChI is InChI=1S/C20H18F4O/c1-2-3-4-5-25-15-10-18(23)20(19(24)11-15)14-6-12-8-16(21)17(22)9-13(12)7-14/h6,8-11H,2-5,7H2,1H3. The number of ether oxygens (including phenoxy) is 1. The molecule has 1 aliphatic carbocycles. The number of fused-ring (bicyclic) bond motifs is 1. The van der Waals surface area contributed by atoms with Gasteiger partial charge in [0.15, 0.2) is 11.6 Å². The summed E-state index contributed by atoms with van der Waals surface area (Å²) in [7, 11) is 0. The van der Waals surface area contributed by atoms with Crippen molar-refractivity contribution < 1.29 is 22.3 Å². The van der Waals surface area contributed by atoms with Gasteiger partial charge in [-0.25, -0.2) is 17.6 Å². The second kappa shape index (κ2) is 7.30. The molecule has 0 spiro atoms. The number of allylic oxidation sites excluding steroid dienone is 1. The molecule has 25 heavy (non-hydrogen) atoms. The highest BCUT2D eigenvalue weighted by molar-refractivity contribution is 5.89. The van der Waals surface area contributed by atoms with Gasteiger partial charge in [0.1, 0.15) is 17.4 Å². The molecule has 1 nitrogen and oxygen atoms in total. The van der Waals surface area contributed by atoms with E-state index >= 15 is 0 Å². The molecular weight excluding hydrogens is 332 g/mol. The number of hydrogen-bond acceptors (Lipinski definition) is 1. The summed E-state index contributed by atoms with van der Waals surface area (Å²) in [6.07, 6.45) is 4.47. The van der Waals surface area contributed by atoms with Crippen LogP contribution in [0, 0.1) is 23.3 Å². The van der Waals surface area contributed by atoms with E-state index in [0.29, 0.717) is 23.3 Å². The largest absolute Gasteiger partial charge is 0.493 e. The molecule has 5 heteroatoms. The van der Waals surface area contributed by atoms with Crippen LogP contribution in [-0.4, -0.2) is 6.61 Å². The van der Waals surface area contributed by atoms with Crippen molar-refractivity contribution in [3.63, 3.8) is 0 Å². The molecule has 0 fully saturated rings.